The van der Waals surface area contributed by atoms with E-state index in [1.807, 2.05) is 20.8 Å². The minimum absolute atomic E-state index is 0.0466. The fraction of sp³-hybridized carbons (Fsp3) is 0.800. The van der Waals surface area contributed by atoms with E-state index in [1.54, 1.807) is 9.80 Å². The first kappa shape index (κ1) is 16.6. The Bertz CT molecular complexity index is 471. The monoisotopic (exact) mass is 312 g/mol. The highest BCUT2D eigenvalue weighted by Crippen LogP contribution is 2.26. The molecule has 22 heavy (non-hydrogen) atoms. The standard InChI is InChI=1S/C15H24N2O5/c1-15(2,3)22-14(20)16-6-5-11(9-16)17-8-10(7-12(17)18)13(19)21-4/h10-11H,5-9H2,1-4H3/t10?,11-/m1/s1. The second-order valence-electron chi connectivity index (χ2n) is 6.84. The molecule has 2 aliphatic heterocycles. The number of ether oxygens (including phenoxy) is 2. The fourth-order valence-corrected chi connectivity index (χ4v) is 2.90. The van der Waals surface area contributed by atoms with Crippen LogP contribution in [0.5, 0.6) is 0 Å². The molecule has 0 radical (unpaired) electrons. The second kappa shape index (κ2) is 6.14. The van der Waals surface area contributed by atoms with Crippen molar-refractivity contribution in [2.24, 2.45) is 5.92 Å². The molecule has 2 fully saturated rings. The first-order valence-corrected chi connectivity index (χ1v) is 7.56. The summed E-state index contributed by atoms with van der Waals surface area (Å²) < 4.78 is 10.1. The summed E-state index contributed by atoms with van der Waals surface area (Å²) in [6.07, 6.45) is 0.542. The molecule has 2 heterocycles. The summed E-state index contributed by atoms with van der Waals surface area (Å²) in [5.74, 6) is -0.794. The van der Waals surface area contributed by atoms with Gasteiger partial charge in [-0.05, 0) is 27.2 Å². The molecule has 1 unspecified atom stereocenters. The van der Waals surface area contributed by atoms with Gasteiger partial charge in [0.2, 0.25) is 5.91 Å². The molecule has 2 saturated heterocycles. The Labute approximate surface area is 130 Å². The van der Waals surface area contributed by atoms with Gasteiger partial charge in [-0.15, -0.1) is 0 Å². The Morgan fingerprint density at radius 2 is 1.91 bits per heavy atom. The molecule has 0 aromatic rings. The van der Waals surface area contributed by atoms with Crippen molar-refractivity contribution < 1.29 is 23.9 Å². The molecular weight excluding hydrogens is 288 g/mol. The molecule has 0 N–H and O–H groups in total. The van der Waals surface area contributed by atoms with Crippen molar-refractivity contribution in [1.29, 1.82) is 0 Å². The van der Waals surface area contributed by atoms with Crippen molar-refractivity contribution in [3.8, 4) is 0 Å². The SMILES string of the molecule is COC(=O)C1CC(=O)N([C@@H]2CCN(C(=O)OC(C)(C)C)C2)C1. The Morgan fingerprint density at radius 1 is 1.23 bits per heavy atom. The van der Waals surface area contributed by atoms with Crippen LogP contribution in [-0.4, -0.2) is 66.2 Å². The number of methoxy groups -OCH3 is 1. The Kier molecular flexibility index (Phi) is 4.63. The zero-order chi connectivity index (χ0) is 16.5. The molecule has 2 amide bonds. The van der Waals surface area contributed by atoms with E-state index in [0.717, 1.165) is 0 Å². The summed E-state index contributed by atoms with van der Waals surface area (Å²) in [6.45, 7) is 6.86. The van der Waals surface area contributed by atoms with Crippen LogP contribution in [0.4, 0.5) is 4.79 Å². The molecule has 0 bridgehead atoms. The van der Waals surface area contributed by atoms with Gasteiger partial charge in [0, 0.05) is 26.1 Å². The highest BCUT2D eigenvalue weighted by Gasteiger charge is 2.41. The lowest BCUT2D eigenvalue weighted by atomic mass is 10.1. The summed E-state index contributed by atoms with van der Waals surface area (Å²) in [7, 11) is 1.33. The van der Waals surface area contributed by atoms with Crippen LogP contribution in [0, 0.1) is 5.92 Å². The number of nitrogens with zero attached hydrogens (tertiary/aromatic N) is 2. The summed E-state index contributed by atoms with van der Waals surface area (Å²) >= 11 is 0. The van der Waals surface area contributed by atoms with Gasteiger partial charge in [-0.2, -0.15) is 0 Å². The number of rotatable bonds is 2. The van der Waals surface area contributed by atoms with Crippen LogP contribution in [0.15, 0.2) is 0 Å². The molecule has 0 saturated carbocycles. The molecule has 0 aromatic carbocycles. The molecule has 7 heteroatoms. The molecule has 2 atom stereocenters. The molecule has 7 nitrogen and oxygen atoms in total. The Morgan fingerprint density at radius 3 is 2.50 bits per heavy atom. The third-order valence-corrected chi connectivity index (χ3v) is 3.95. The summed E-state index contributed by atoms with van der Waals surface area (Å²) in [4.78, 5) is 39.0. The average molecular weight is 312 g/mol. The van der Waals surface area contributed by atoms with Crippen LogP contribution >= 0.6 is 0 Å². The topological polar surface area (TPSA) is 76.2 Å². The molecular formula is C15H24N2O5. The van der Waals surface area contributed by atoms with Crippen LogP contribution in [0.2, 0.25) is 0 Å². The van der Waals surface area contributed by atoms with Crippen molar-refractivity contribution in [3.63, 3.8) is 0 Å². The van der Waals surface area contributed by atoms with Crippen molar-refractivity contribution in [3.05, 3.63) is 0 Å². The van der Waals surface area contributed by atoms with Gasteiger partial charge >= 0.3 is 12.1 Å². The zero-order valence-electron chi connectivity index (χ0n) is 13.6. The van der Waals surface area contributed by atoms with Gasteiger partial charge < -0.3 is 19.3 Å². The molecule has 0 spiro atoms. The lowest BCUT2D eigenvalue weighted by Crippen LogP contribution is -2.41. The number of hydrogen-bond donors (Lipinski definition) is 0. The van der Waals surface area contributed by atoms with Crippen LogP contribution in [0.25, 0.3) is 0 Å². The van der Waals surface area contributed by atoms with E-state index in [9.17, 15) is 14.4 Å². The van der Waals surface area contributed by atoms with Gasteiger partial charge in [-0.3, -0.25) is 9.59 Å². The number of amides is 2. The second-order valence-corrected chi connectivity index (χ2v) is 6.84. The van der Waals surface area contributed by atoms with Crippen molar-refractivity contribution in [2.45, 2.75) is 45.3 Å². The number of carbonyl (C=O) groups excluding carboxylic acids is 3. The van der Waals surface area contributed by atoms with Gasteiger partial charge in [-0.1, -0.05) is 0 Å². The van der Waals surface area contributed by atoms with Crippen LogP contribution in [-0.2, 0) is 19.1 Å². The maximum absolute atomic E-state index is 12.1. The van der Waals surface area contributed by atoms with Crippen molar-refractivity contribution in [1.82, 2.24) is 9.80 Å². The largest absolute Gasteiger partial charge is 0.469 e. The molecule has 0 aliphatic carbocycles. The van der Waals surface area contributed by atoms with E-state index in [4.69, 9.17) is 9.47 Å². The average Bonchev–Trinajstić information content (AvgIpc) is 3.02. The van der Waals surface area contributed by atoms with Crippen LogP contribution < -0.4 is 0 Å². The third-order valence-electron chi connectivity index (χ3n) is 3.95. The van der Waals surface area contributed by atoms with E-state index >= 15 is 0 Å². The quantitative estimate of drug-likeness (QED) is 0.712. The number of likely N-dealkylation sites (tertiary alicyclic amines) is 2. The zero-order valence-corrected chi connectivity index (χ0v) is 13.6. The van der Waals surface area contributed by atoms with Crippen molar-refractivity contribution >= 4 is 18.0 Å². The molecule has 2 aliphatic rings. The first-order chi connectivity index (χ1) is 10.2. The van der Waals surface area contributed by atoms with Crippen LogP contribution in [0.1, 0.15) is 33.6 Å². The highest BCUT2D eigenvalue weighted by atomic mass is 16.6. The highest BCUT2D eigenvalue weighted by molar-refractivity contribution is 5.87. The maximum Gasteiger partial charge on any atom is 0.410 e. The van der Waals surface area contributed by atoms with Crippen molar-refractivity contribution in [2.75, 3.05) is 26.7 Å². The molecule has 0 aromatic heterocycles. The number of hydrogen-bond acceptors (Lipinski definition) is 5. The normalized spacial score (nSPS) is 25.5. The number of esters is 1. The number of carbonyl (C=O) groups is 3. The predicted octanol–water partition coefficient (Wildman–Crippen LogP) is 1.02. The Hall–Kier alpha value is -1.79. The first-order valence-electron chi connectivity index (χ1n) is 7.56. The lowest BCUT2D eigenvalue weighted by molar-refractivity contribution is -0.145. The fourth-order valence-electron chi connectivity index (χ4n) is 2.90. The molecule has 2 rings (SSSR count). The van der Waals surface area contributed by atoms with Gasteiger partial charge in [0.05, 0.1) is 19.1 Å². The minimum atomic E-state index is -0.533. The van der Waals surface area contributed by atoms with E-state index in [1.165, 1.54) is 7.11 Å². The third kappa shape index (κ3) is 3.69. The summed E-state index contributed by atoms with van der Waals surface area (Å²) in [5.41, 5.74) is -0.533. The smallest absolute Gasteiger partial charge is 0.410 e. The van der Waals surface area contributed by atoms with E-state index in [2.05, 4.69) is 0 Å². The summed E-state index contributed by atoms with van der Waals surface area (Å²) in [6, 6.07) is -0.0466. The van der Waals surface area contributed by atoms with Gasteiger partial charge in [0.1, 0.15) is 5.60 Å². The lowest BCUT2D eigenvalue weighted by Gasteiger charge is -2.26. The Balaban J connectivity index is 1.92. The summed E-state index contributed by atoms with van der Waals surface area (Å²) in [5, 5.41) is 0. The van der Waals surface area contributed by atoms with Gasteiger partial charge in [0.15, 0.2) is 0 Å². The van der Waals surface area contributed by atoms with Gasteiger partial charge in [-0.25, -0.2) is 4.79 Å². The molecule has 124 valence electrons. The minimum Gasteiger partial charge on any atom is -0.469 e. The maximum atomic E-state index is 12.1. The van der Waals surface area contributed by atoms with Crippen LogP contribution in [0.3, 0.4) is 0 Å². The van der Waals surface area contributed by atoms with E-state index < -0.39 is 11.5 Å². The van der Waals surface area contributed by atoms with Gasteiger partial charge in [0.25, 0.3) is 0 Å². The van der Waals surface area contributed by atoms with E-state index in [-0.39, 0.29) is 30.4 Å². The predicted molar refractivity (Wildman–Crippen MR) is 78.0 cm³/mol. The van der Waals surface area contributed by atoms with E-state index in [0.29, 0.717) is 26.1 Å².